The standard InChI is InChI=1S/C15H21FO/c1-4-11(9-15-14(5-2)17-15)12-7-6-10(3)8-13(12)16/h6-8,11,14-15H,4-5,9H2,1-3H3. The lowest BCUT2D eigenvalue weighted by molar-refractivity contribution is 0.347. The third-order valence-electron chi connectivity index (χ3n) is 3.70. The van der Waals surface area contributed by atoms with Gasteiger partial charge in [0.1, 0.15) is 5.82 Å². The summed E-state index contributed by atoms with van der Waals surface area (Å²) in [5.41, 5.74) is 1.83. The molecule has 2 rings (SSSR count). The van der Waals surface area contributed by atoms with Gasteiger partial charge in [0.05, 0.1) is 12.2 Å². The van der Waals surface area contributed by atoms with E-state index < -0.39 is 0 Å². The topological polar surface area (TPSA) is 12.5 Å². The third kappa shape index (κ3) is 2.86. The van der Waals surface area contributed by atoms with Crippen LogP contribution in [0.1, 0.15) is 50.2 Å². The first-order valence-corrected chi connectivity index (χ1v) is 6.57. The summed E-state index contributed by atoms with van der Waals surface area (Å²) in [6.45, 7) is 6.18. The molecule has 17 heavy (non-hydrogen) atoms. The molecular weight excluding hydrogens is 215 g/mol. The van der Waals surface area contributed by atoms with Crippen LogP contribution in [-0.2, 0) is 4.74 Å². The molecule has 1 aliphatic rings. The van der Waals surface area contributed by atoms with Gasteiger partial charge in [0.25, 0.3) is 0 Å². The zero-order valence-corrected chi connectivity index (χ0v) is 10.9. The monoisotopic (exact) mass is 236 g/mol. The van der Waals surface area contributed by atoms with E-state index in [1.165, 1.54) is 0 Å². The predicted octanol–water partition coefficient (Wildman–Crippen LogP) is 4.20. The van der Waals surface area contributed by atoms with Crippen LogP contribution in [0.5, 0.6) is 0 Å². The number of rotatable bonds is 5. The molecule has 0 aromatic heterocycles. The normalized spacial score (nSPS) is 24.7. The minimum absolute atomic E-state index is 0.0643. The van der Waals surface area contributed by atoms with Crippen molar-refractivity contribution < 1.29 is 9.13 Å². The number of aryl methyl sites for hydroxylation is 1. The number of epoxide rings is 1. The largest absolute Gasteiger partial charge is 0.370 e. The molecule has 1 aromatic carbocycles. The van der Waals surface area contributed by atoms with E-state index in [9.17, 15) is 4.39 Å². The lowest BCUT2D eigenvalue weighted by Crippen LogP contribution is -2.06. The Hall–Kier alpha value is -0.890. The Morgan fingerprint density at radius 1 is 1.29 bits per heavy atom. The lowest BCUT2D eigenvalue weighted by atomic mass is 9.90. The van der Waals surface area contributed by atoms with E-state index in [-0.39, 0.29) is 11.7 Å². The van der Waals surface area contributed by atoms with Gasteiger partial charge in [0.2, 0.25) is 0 Å². The Labute approximate surface area is 103 Å². The molecule has 94 valence electrons. The van der Waals surface area contributed by atoms with E-state index in [1.54, 1.807) is 6.07 Å². The summed E-state index contributed by atoms with van der Waals surface area (Å²) in [7, 11) is 0. The fourth-order valence-corrected chi connectivity index (χ4v) is 2.50. The Kier molecular flexibility index (Phi) is 3.82. The third-order valence-corrected chi connectivity index (χ3v) is 3.70. The highest BCUT2D eigenvalue weighted by Gasteiger charge is 2.38. The Morgan fingerprint density at radius 2 is 2.06 bits per heavy atom. The second kappa shape index (κ2) is 5.18. The van der Waals surface area contributed by atoms with Gasteiger partial charge < -0.3 is 4.74 Å². The van der Waals surface area contributed by atoms with E-state index in [0.717, 1.165) is 30.4 Å². The highest BCUT2D eigenvalue weighted by atomic mass is 19.1. The van der Waals surface area contributed by atoms with Gasteiger partial charge >= 0.3 is 0 Å². The second-order valence-corrected chi connectivity index (χ2v) is 4.99. The maximum atomic E-state index is 13.9. The van der Waals surface area contributed by atoms with Crippen LogP contribution in [0.25, 0.3) is 0 Å². The van der Waals surface area contributed by atoms with Crippen LogP contribution in [0.2, 0.25) is 0 Å². The zero-order chi connectivity index (χ0) is 12.4. The van der Waals surface area contributed by atoms with Crippen molar-refractivity contribution in [2.45, 2.75) is 58.2 Å². The van der Waals surface area contributed by atoms with Gasteiger partial charge in [-0.1, -0.05) is 26.0 Å². The van der Waals surface area contributed by atoms with Crippen molar-refractivity contribution in [3.8, 4) is 0 Å². The smallest absolute Gasteiger partial charge is 0.126 e. The zero-order valence-electron chi connectivity index (χ0n) is 10.9. The molecule has 1 saturated heterocycles. The second-order valence-electron chi connectivity index (χ2n) is 4.99. The Bertz CT molecular complexity index is 389. The first kappa shape index (κ1) is 12.6. The van der Waals surface area contributed by atoms with Crippen LogP contribution in [0.4, 0.5) is 4.39 Å². The fourth-order valence-electron chi connectivity index (χ4n) is 2.50. The average molecular weight is 236 g/mol. The molecule has 0 N–H and O–H groups in total. The summed E-state index contributed by atoms with van der Waals surface area (Å²) in [5, 5.41) is 0. The highest BCUT2D eigenvalue weighted by molar-refractivity contribution is 5.26. The molecule has 0 radical (unpaired) electrons. The molecule has 3 atom stereocenters. The molecule has 1 heterocycles. The summed E-state index contributed by atoms with van der Waals surface area (Å²) in [5.74, 6) is 0.225. The Morgan fingerprint density at radius 3 is 2.59 bits per heavy atom. The highest BCUT2D eigenvalue weighted by Crippen LogP contribution is 2.36. The van der Waals surface area contributed by atoms with Crippen LogP contribution in [0.15, 0.2) is 18.2 Å². The summed E-state index contributed by atoms with van der Waals surface area (Å²) in [6, 6.07) is 5.55. The first-order chi connectivity index (χ1) is 8.15. The minimum Gasteiger partial charge on any atom is -0.370 e. The van der Waals surface area contributed by atoms with Crippen molar-refractivity contribution in [2.75, 3.05) is 0 Å². The van der Waals surface area contributed by atoms with E-state index >= 15 is 0 Å². The molecule has 0 amide bonds. The number of hydrogen-bond donors (Lipinski definition) is 0. The van der Waals surface area contributed by atoms with Crippen molar-refractivity contribution in [1.82, 2.24) is 0 Å². The molecule has 1 fully saturated rings. The number of ether oxygens (including phenoxy) is 1. The molecule has 0 spiro atoms. The molecule has 1 aliphatic heterocycles. The van der Waals surface area contributed by atoms with E-state index in [4.69, 9.17) is 4.74 Å². The van der Waals surface area contributed by atoms with Gasteiger partial charge in [-0.3, -0.25) is 0 Å². The lowest BCUT2D eigenvalue weighted by Gasteiger charge is -2.15. The van der Waals surface area contributed by atoms with Crippen LogP contribution < -0.4 is 0 Å². The van der Waals surface area contributed by atoms with Gasteiger partial charge in [-0.15, -0.1) is 0 Å². The molecule has 3 unspecified atom stereocenters. The molecule has 0 aliphatic carbocycles. The molecule has 0 bridgehead atoms. The maximum absolute atomic E-state index is 13.9. The average Bonchev–Trinajstić information content (AvgIpc) is 3.05. The van der Waals surface area contributed by atoms with Crippen molar-refractivity contribution in [3.05, 3.63) is 35.1 Å². The van der Waals surface area contributed by atoms with Crippen molar-refractivity contribution in [1.29, 1.82) is 0 Å². The minimum atomic E-state index is -0.0643. The number of halogens is 1. The van der Waals surface area contributed by atoms with Crippen molar-refractivity contribution in [2.24, 2.45) is 0 Å². The van der Waals surface area contributed by atoms with Gasteiger partial charge in [-0.05, 0) is 49.3 Å². The van der Waals surface area contributed by atoms with E-state index in [2.05, 4.69) is 13.8 Å². The van der Waals surface area contributed by atoms with Crippen molar-refractivity contribution >= 4 is 0 Å². The van der Waals surface area contributed by atoms with Gasteiger partial charge in [-0.25, -0.2) is 4.39 Å². The van der Waals surface area contributed by atoms with Crippen LogP contribution in [0.3, 0.4) is 0 Å². The fraction of sp³-hybridized carbons (Fsp3) is 0.600. The molecule has 1 aromatic rings. The number of hydrogen-bond acceptors (Lipinski definition) is 1. The van der Waals surface area contributed by atoms with Gasteiger partial charge in [0.15, 0.2) is 0 Å². The Balaban J connectivity index is 2.07. The van der Waals surface area contributed by atoms with E-state index in [1.807, 2.05) is 19.1 Å². The quantitative estimate of drug-likeness (QED) is 0.698. The predicted molar refractivity (Wildman–Crippen MR) is 67.7 cm³/mol. The van der Waals surface area contributed by atoms with Gasteiger partial charge in [-0.2, -0.15) is 0 Å². The maximum Gasteiger partial charge on any atom is 0.126 e. The van der Waals surface area contributed by atoms with E-state index in [0.29, 0.717) is 12.2 Å². The summed E-state index contributed by atoms with van der Waals surface area (Å²) < 4.78 is 19.5. The number of benzene rings is 1. The molecule has 0 saturated carbocycles. The summed E-state index contributed by atoms with van der Waals surface area (Å²) in [4.78, 5) is 0. The van der Waals surface area contributed by atoms with Crippen LogP contribution >= 0.6 is 0 Å². The van der Waals surface area contributed by atoms with Crippen LogP contribution in [0, 0.1) is 12.7 Å². The summed E-state index contributed by atoms with van der Waals surface area (Å²) >= 11 is 0. The van der Waals surface area contributed by atoms with Crippen LogP contribution in [-0.4, -0.2) is 12.2 Å². The molecular formula is C15H21FO. The summed E-state index contributed by atoms with van der Waals surface area (Å²) in [6.07, 6.45) is 3.76. The first-order valence-electron chi connectivity index (χ1n) is 6.57. The molecule has 2 heteroatoms. The van der Waals surface area contributed by atoms with Crippen molar-refractivity contribution in [3.63, 3.8) is 0 Å². The SMILES string of the molecule is CCC(CC1OC1CC)c1ccc(C)cc1F. The molecule has 1 nitrogen and oxygen atoms in total. The van der Waals surface area contributed by atoms with Gasteiger partial charge in [0, 0.05) is 0 Å².